The molecule has 0 saturated carbocycles. The summed E-state index contributed by atoms with van der Waals surface area (Å²) in [5.74, 6) is 0. The topological polar surface area (TPSA) is 8.17 Å². The number of benzene rings is 11. The first-order valence-corrected chi connectivity index (χ1v) is 25.3. The van der Waals surface area contributed by atoms with Crippen molar-refractivity contribution < 1.29 is 0 Å². The number of hydrogen-bond acceptors (Lipinski definition) is 2. The molecule has 0 saturated heterocycles. The fourth-order valence-electron chi connectivity index (χ4n) is 11.8. The summed E-state index contributed by atoms with van der Waals surface area (Å²) in [4.78, 5) is 2.53. The molecule has 0 amide bonds. The number of aromatic nitrogens is 1. The lowest BCUT2D eigenvalue weighted by molar-refractivity contribution is 0.714. The van der Waals surface area contributed by atoms with Crippen LogP contribution in [0.5, 0.6) is 0 Å². The first-order valence-electron chi connectivity index (χ1n) is 24.5. The van der Waals surface area contributed by atoms with Crippen molar-refractivity contribution >= 4 is 70.4 Å². The molecule has 2 heterocycles. The third-order valence-electron chi connectivity index (χ3n) is 15.1. The van der Waals surface area contributed by atoms with Gasteiger partial charge in [-0.15, -0.1) is 11.3 Å². The van der Waals surface area contributed by atoms with E-state index in [-0.39, 0.29) is 0 Å². The standard InChI is InChI=1S/C68H46N2S/c1-68(49-27-18-26-48(42-49)45-20-6-2-7-21-45)59-40-37-52(44-58(59)65-60(68)41-39-55-54-30-14-16-32-61(54)70(67(55)65)50-28-12-5-13-29-50)69(62-33-19-35-64-66(62)56-31-15-17-34-63(56)71-64)51-36-38-53(46-22-8-3-9-23-46)57(43-51)47-24-10-4-11-25-47/h2-44H,1H3. The summed E-state index contributed by atoms with van der Waals surface area (Å²) in [7, 11) is 0. The molecule has 13 aromatic rings. The average Bonchev–Trinajstić information content (AvgIpc) is 4.08. The van der Waals surface area contributed by atoms with E-state index < -0.39 is 5.41 Å². The zero-order valence-corrected chi connectivity index (χ0v) is 39.9. The van der Waals surface area contributed by atoms with Crippen LogP contribution < -0.4 is 4.90 Å². The normalized spacial score (nSPS) is 14.0. The molecule has 14 rings (SSSR count). The SMILES string of the molecule is CC1(c2cccc(-c3ccccc3)c2)c2ccc(N(c3ccc(-c4ccccc4)c(-c4ccccc4)c3)c3cccc4sc5ccccc5c34)cc2-c2c1ccc1c3ccccc3n(-c3ccccc3)c21. The summed E-state index contributed by atoms with van der Waals surface area (Å²) in [6.07, 6.45) is 0. The molecule has 0 bridgehead atoms. The first-order chi connectivity index (χ1) is 35.1. The summed E-state index contributed by atoms with van der Waals surface area (Å²) in [5, 5.41) is 5.02. The predicted octanol–water partition coefficient (Wildman–Crippen LogP) is 19.0. The van der Waals surface area contributed by atoms with Gasteiger partial charge in [0.05, 0.1) is 16.7 Å². The minimum atomic E-state index is -0.480. The van der Waals surface area contributed by atoms with Crippen LogP contribution in [-0.2, 0) is 5.41 Å². The minimum Gasteiger partial charge on any atom is -0.310 e. The van der Waals surface area contributed by atoms with Crippen molar-refractivity contribution in [3.05, 3.63) is 278 Å². The van der Waals surface area contributed by atoms with E-state index in [1.165, 1.54) is 103 Å². The van der Waals surface area contributed by atoms with Crippen LogP contribution in [-0.4, -0.2) is 4.57 Å². The Kier molecular flexibility index (Phi) is 9.55. The molecule has 1 unspecified atom stereocenters. The lowest BCUT2D eigenvalue weighted by Gasteiger charge is -2.30. The maximum atomic E-state index is 2.53. The van der Waals surface area contributed by atoms with Gasteiger partial charge in [0.1, 0.15) is 0 Å². The van der Waals surface area contributed by atoms with Crippen molar-refractivity contribution in [3.63, 3.8) is 0 Å². The van der Waals surface area contributed by atoms with Crippen molar-refractivity contribution in [1.82, 2.24) is 4.57 Å². The molecule has 1 aliphatic rings. The summed E-state index contributed by atoms with van der Waals surface area (Å²) in [5.41, 5.74) is 20.0. The van der Waals surface area contributed by atoms with E-state index in [4.69, 9.17) is 0 Å². The van der Waals surface area contributed by atoms with Gasteiger partial charge < -0.3 is 9.47 Å². The summed E-state index contributed by atoms with van der Waals surface area (Å²) in [6.45, 7) is 2.45. The Morgan fingerprint density at radius 2 is 0.972 bits per heavy atom. The average molecular weight is 923 g/mol. The molecule has 2 aromatic heterocycles. The van der Waals surface area contributed by atoms with E-state index in [0.717, 1.165) is 22.7 Å². The largest absolute Gasteiger partial charge is 0.310 e. The Labute approximate surface area is 417 Å². The summed E-state index contributed by atoms with van der Waals surface area (Å²) in [6, 6.07) is 96.5. The minimum absolute atomic E-state index is 0.480. The highest BCUT2D eigenvalue weighted by atomic mass is 32.1. The molecule has 0 N–H and O–H groups in total. The molecular weight excluding hydrogens is 877 g/mol. The molecule has 0 aliphatic heterocycles. The molecule has 334 valence electrons. The smallest absolute Gasteiger partial charge is 0.0622 e. The first kappa shape index (κ1) is 41.2. The molecule has 1 atom stereocenters. The van der Waals surface area contributed by atoms with Crippen molar-refractivity contribution in [2.24, 2.45) is 0 Å². The maximum Gasteiger partial charge on any atom is 0.0622 e. The van der Waals surface area contributed by atoms with Crippen molar-refractivity contribution in [3.8, 4) is 50.2 Å². The Balaban J connectivity index is 1.08. The fraction of sp³-hybridized carbons (Fsp3) is 0.0294. The van der Waals surface area contributed by atoms with Crippen LogP contribution in [0.1, 0.15) is 23.6 Å². The molecule has 71 heavy (non-hydrogen) atoms. The van der Waals surface area contributed by atoms with Crippen LogP contribution >= 0.6 is 11.3 Å². The maximum absolute atomic E-state index is 2.53. The lowest BCUT2D eigenvalue weighted by atomic mass is 9.73. The van der Waals surface area contributed by atoms with Crippen LogP contribution in [0.25, 0.3) is 92.2 Å². The predicted molar refractivity (Wildman–Crippen MR) is 302 cm³/mol. The van der Waals surface area contributed by atoms with E-state index in [2.05, 4.69) is 277 Å². The van der Waals surface area contributed by atoms with Gasteiger partial charge in [0, 0.05) is 59.0 Å². The number of thiophene rings is 1. The fourth-order valence-corrected chi connectivity index (χ4v) is 12.9. The molecule has 3 heteroatoms. The van der Waals surface area contributed by atoms with Gasteiger partial charge in [-0.3, -0.25) is 0 Å². The lowest BCUT2D eigenvalue weighted by Crippen LogP contribution is -2.22. The van der Waals surface area contributed by atoms with Gasteiger partial charge in [-0.05, 0) is 129 Å². The third-order valence-corrected chi connectivity index (χ3v) is 16.2. The van der Waals surface area contributed by atoms with Gasteiger partial charge in [0.2, 0.25) is 0 Å². The van der Waals surface area contributed by atoms with E-state index in [0.29, 0.717) is 0 Å². The van der Waals surface area contributed by atoms with Crippen molar-refractivity contribution in [2.45, 2.75) is 12.3 Å². The summed E-state index contributed by atoms with van der Waals surface area (Å²) < 4.78 is 5.06. The van der Waals surface area contributed by atoms with Crippen LogP contribution in [0, 0.1) is 0 Å². The Morgan fingerprint density at radius 1 is 0.394 bits per heavy atom. The Hall–Kier alpha value is -8.76. The zero-order chi connectivity index (χ0) is 47.0. The number of fused-ring (bicyclic) bond motifs is 10. The second-order valence-corrected chi connectivity index (χ2v) is 20.0. The van der Waals surface area contributed by atoms with Gasteiger partial charge in [-0.1, -0.05) is 194 Å². The zero-order valence-electron chi connectivity index (χ0n) is 39.1. The molecule has 2 nitrogen and oxygen atoms in total. The number of hydrogen-bond donors (Lipinski definition) is 0. The molecule has 1 aliphatic carbocycles. The molecular formula is C68H46N2S. The van der Waals surface area contributed by atoms with Crippen LogP contribution in [0.15, 0.2) is 261 Å². The monoisotopic (exact) mass is 922 g/mol. The van der Waals surface area contributed by atoms with Crippen molar-refractivity contribution in [1.29, 1.82) is 0 Å². The van der Waals surface area contributed by atoms with Crippen LogP contribution in [0.2, 0.25) is 0 Å². The highest BCUT2D eigenvalue weighted by molar-refractivity contribution is 7.26. The van der Waals surface area contributed by atoms with Gasteiger partial charge in [0.15, 0.2) is 0 Å². The quantitative estimate of drug-likeness (QED) is 0.147. The second kappa shape index (κ2) is 16.4. The number of rotatable bonds is 8. The van der Waals surface area contributed by atoms with Gasteiger partial charge in [0.25, 0.3) is 0 Å². The number of para-hydroxylation sites is 2. The number of anilines is 3. The van der Waals surface area contributed by atoms with Crippen LogP contribution in [0.3, 0.4) is 0 Å². The second-order valence-electron chi connectivity index (χ2n) is 18.9. The van der Waals surface area contributed by atoms with Crippen LogP contribution in [0.4, 0.5) is 17.1 Å². The number of nitrogens with zero attached hydrogens (tertiary/aromatic N) is 2. The van der Waals surface area contributed by atoms with Gasteiger partial charge in [-0.2, -0.15) is 0 Å². The van der Waals surface area contributed by atoms with E-state index in [9.17, 15) is 0 Å². The van der Waals surface area contributed by atoms with Gasteiger partial charge in [-0.25, -0.2) is 0 Å². The molecule has 11 aromatic carbocycles. The summed E-state index contributed by atoms with van der Waals surface area (Å²) >= 11 is 1.86. The molecule has 0 radical (unpaired) electrons. The highest BCUT2D eigenvalue weighted by Gasteiger charge is 2.43. The van der Waals surface area contributed by atoms with E-state index >= 15 is 0 Å². The van der Waals surface area contributed by atoms with E-state index in [1.807, 2.05) is 11.3 Å². The molecule has 0 spiro atoms. The Morgan fingerprint density at radius 3 is 1.73 bits per heavy atom. The molecule has 0 fully saturated rings. The van der Waals surface area contributed by atoms with Gasteiger partial charge >= 0.3 is 0 Å². The van der Waals surface area contributed by atoms with Crippen molar-refractivity contribution in [2.75, 3.05) is 4.90 Å². The highest BCUT2D eigenvalue weighted by Crippen LogP contribution is 2.58. The third kappa shape index (κ3) is 6.47. The van der Waals surface area contributed by atoms with E-state index in [1.54, 1.807) is 0 Å². The Bertz CT molecular complexity index is 4170.